The lowest BCUT2D eigenvalue weighted by Crippen LogP contribution is -2.46. The van der Waals surface area contributed by atoms with Crippen LogP contribution < -0.4 is 9.64 Å². The number of aliphatic carboxylic acids is 1. The Hall–Kier alpha value is -4.60. The van der Waals surface area contributed by atoms with Gasteiger partial charge in [0.05, 0.1) is 29.4 Å². The highest BCUT2D eigenvalue weighted by Crippen LogP contribution is 2.57. The molecule has 4 aromatic carbocycles. The maximum atomic E-state index is 14.5. The van der Waals surface area contributed by atoms with Gasteiger partial charge in [-0.25, -0.2) is 0 Å². The number of rotatable bonds is 6. The van der Waals surface area contributed by atoms with Crippen molar-refractivity contribution in [1.29, 1.82) is 5.26 Å². The molecule has 6 rings (SSSR count). The third-order valence-electron chi connectivity index (χ3n) is 8.01. The van der Waals surface area contributed by atoms with Gasteiger partial charge in [0.15, 0.2) is 11.2 Å². The number of ketones is 1. The minimum absolute atomic E-state index is 0.300. The fourth-order valence-electron chi connectivity index (χ4n) is 6.34. The third-order valence-corrected chi connectivity index (χ3v) is 8.29. The lowest BCUT2D eigenvalue weighted by atomic mass is 9.68. The molecule has 198 valence electrons. The first-order valence-electron chi connectivity index (χ1n) is 13.1. The Balaban J connectivity index is 1.64. The van der Waals surface area contributed by atoms with Gasteiger partial charge in [0.2, 0.25) is 0 Å². The molecule has 4 aromatic rings. The van der Waals surface area contributed by atoms with E-state index in [1.165, 1.54) is 0 Å². The van der Waals surface area contributed by atoms with E-state index in [2.05, 4.69) is 6.07 Å². The number of hydrogen-bond acceptors (Lipinski definition) is 5. The molecule has 2 aliphatic heterocycles. The van der Waals surface area contributed by atoms with Crippen LogP contribution in [0.2, 0.25) is 5.02 Å². The smallest absolute Gasteiger partial charge is 0.327 e. The van der Waals surface area contributed by atoms with E-state index < -0.39 is 29.4 Å². The van der Waals surface area contributed by atoms with Crippen molar-refractivity contribution < 1.29 is 19.4 Å². The number of ether oxygens (including phenoxy) is 1. The predicted molar refractivity (Wildman–Crippen MR) is 155 cm³/mol. The van der Waals surface area contributed by atoms with Crippen LogP contribution in [0, 0.1) is 16.7 Å². The Labute approximate surface area is 236 Å². The molecular formula is C33H25ClN2O4. The van der Waals surface area contributed by atoms with Crippen molar-refractivity contribution >= 4 is 45.9 Å². The monoisotopic (exact) mass is 548 g/mol. The highest BCUT2D eigenvalue weighted by Gasteiger charge is 2.67. The number of halogens is 1. The third kappa shape index (κ3) is 3.70. The first-order chi connectivity index (χ1) is 19.4. The normalized spacial score (nSPS) is 22.8. The zero-order valence-corrected chi connectivity index (χ0v) is 22.4. The van der Waals surface area contributed by atoms with Gasteiger partial charge >= 0.3 is 5.97 Å². The summed E-state index contributed by atoms with van der Waals surface area (Å²) in [6, 6.07) is 25.6. The first-order valence-corrected chi connectivity index (χ1v) is 13.4. The van der Waals surface area contributed by atoms with Gasteiger partial charge in [0.25, 0.3) is 0 Å². The van der Waals surface area contributed by atoms with Gasteiger partial charge < -0.3 is 14.7 Å². The molecule has 4 atom stereocenters. The number of carbonyl (C=O) groups excluding carboxylic acids is 1. The summed E-state index contributed by atoms with van der Waals surface area (Å²) in [5.41, 5.74) is 0.361. The predicted octanol–water partition coefficient (Wildman–Crippen LogP) is 6.74. The topological polar surface area (TPSA) is 90.6 Å². The summed E-state index contributed by atoms with van der Waals surface area (Å²) in [5, 5.41) is 23.6. The van der Waals surface area contributed by atoms with Crippen LogP contribution in [0.15, 0.2) is 91.0 Å². The molecular weight excluding hydrogens is 524 g/mol. The average Bonchev–Trinajstić information content (AvgIpc) is 3.29. The molecule has 7 heteroatoms. The fraction of sp³-hybridized carbons (Fsp3) is 0.182. The van der Waals surface area contributed by atoms with Gasteiger partial charge in [-0.2, -0.15) is 5.26 Å². The fourth-order valence-corrected chi connectivity index (χ4v) is 6.65. The molecule has 4 unspecified atom stereocenters. The van der Waals surface area contributed by atoms with E-state index in [1.54, 1.807) is 59.5 Å². The molecule has 40 heavy (non-hydrogen) atoms. The lowest BCUT2D eigenvalue weighted by Gasteiger charge is -2.37. The molecule has 0 aromatic heterocycles. The molecule has 0 radical (unpaired) electrons. The molecule has 6 nitrogen and oxygen atoms in total. The number of nitrogens with zero attached hydrogens (tertiary/aromatic N) is 2. The van der Waals surface area contributed by atoms with Crippen molar-refractivity contribution in [3.63, 3.8) is 0 Å². The van der Waals surface area contributed by atoms with Crippen molar-refractivity contribution in [2.75, 3.05) is 11.5 Å². The second-order valence-corrected chi connectivity index (χ2v) is 10.4. The summed E-state index contributed by atoms with van der Waals surface area (Å²) in [6.45, 7) is 2.37. The zero-order chi connectivity index (χ0) is 28.0. The van der Waals surface area contributed by atoms with Gasteiger partial charge in [-0.3, -0.25) is 9.59 Å². The number of carbonyl (C=O) groups is 2. The quantitative estimate of drug-likeness (QED) is 0.268. The number of carboxylic acids is 1. The molecule has 0 saturated carbocycles. The molecule has 0 spiro atoms. The van der Waals surface area contributed by atoms with E-state index in [9.17, 15) is 20.0 Å². The van der Waals surface area contributed by atoms with E-state index in [1.807, 2.05) is 49.4 Å². The number of anilines is 1. The average molecular weight is 549 g/mol. The van der Waals surface area contributed by atoms with Gasteiger partial charge in [-0.15, -0.1) is 0 Å². The lowest BCUT2D eigenvalue weighted by molar-refractivity contribution is -0.146. The van der Waals surface area contributed by atoms with Gasteiger partial charge in [0.1, 0.15) is 11.8 Å². The SMILES string of the molecule is CCOc1ccc(C(=O)C2C(c3ccccc3)C(C#N)(C(=O)O)C3C=Cc4c(c(Cl)cc5ccccc45)N23)cc1. The molecule has 1 saturated heterocycles. The largest absolute Gasteiger partial charge is 0.494 e. The Morgan fingerprint density at radius 2 is 1.75 bits per heavy atom. The maximum absolute atomic E-state index is 14.5. The summed E-state index contributed by atoms with van der Waals surface area (Å²) in [6.07, 6.45) is 3.58. The van der Waals surface area contributed by atoms with Crippen molar-refractivity contribution in [2.24, 2.45) is 5.41 Å². The van der Waals surface area contributed by atoms with E-state index in [4.69, 9.17) is 16.3 Å². The summed E-state index contributed by atoms with van der Waals surface area (Å²) >= 11 is 6.94. The number of hydrogen-bond donors (Lipinski definition) is 1. The highest BCUT2D eigenvalue weighted by atomic mass is 35.5. The second-order valence-electron chi connectivity index (χ2n) is 9.99. The number of Topliss-reactive ketones (excluding diaryl/α,β-unsaturated/α-hetero) is 1. The van der Waals surface area contributed by atoms with Gasteiger partial charge in [0, 0.05) is 17.0 Å². The summed E-state index contributed by atoms with van der Waals surface area (Å²) in [5.74, 6) is -1.95. The van der Waals surface area contributed by atoms with Crippen LogP contribution in [0.1, 0.15) is 34.3 Å². The van der Waals surface area contributed by atoms with E-state index in [-0.39, 0.29) is 5.78 Å². The minimum atomic E-state index is -1.96. The summed E-state index contributed by atoms with van der Waals surface area (Å²) < 4.78 is 5.56. The molecule has 0 bridgehead atoms. The number of nitriles is 1. The minimum Gasteiger partial charge on any atom is -0.494 e. The van der Waals surface area contributed by atoms with Crippen LogP contribution in [-0.2, 0) is 4.79 Å². The Kier molecular flexibility index (Phi) is 6.32. The van der Waals surface area contributed by atoms with E-state index in [0.717, 1.165) is 16.3 Å². The van der Waals surface area contributed by atoms with Crippen LogP contribution in [0.3, 0.4) is 0 Å². The van der Waals surface area contributed by atoms with Crippen molar-refractivity contribution in [1.82, 2.24) is 0 Å². The number of carboxylic acid groups (broad SMARTS) is 1. The zero-order valence-electron chi connectivity index (χ0n) is 21.6. The summed E-state index contributed by atoms with van der Waals surface area (Å²) in [7, 11) is 0. The number of fused-ring (bicyclic) bond motifs is 5. The van der Waals surface area contributed by atoms with E-state index in [0.29, 0.717) is 34.2 Å². The number of benzene rings is 4. The van der Waals surface area contributed by atoms with E-state index >= 15 is 0 Å². The van der Waals surface area contributed by atoms with Crippen LogP contribution in [0.5, 0.6) is 5.75 Å². The van der Waals surface area contributed by atoms with Crippen LogP contribution >= 0.6 is 11.6 Å². The van der Waals surface area contributed by atoms with Gasteiger partial charge in [-0.05, 0) is 53.6 Å². The Morgan fingerprint density at radius 1 is 1.05 bits per heavy atom. The molecule has 1 fully saturated rings. The second kappa shape index (κ2) is 9.86. The van der Waals surface area contributed by atoms with Gasteiger partial charge in [-0.1, -0.05) is 78.4 Å². The molecule has 0 amide bonds. The maximum Gasteiger partial charge on any atom is 0.327 e. The van der Waals surface area contributed by atoms with Crippen LogP contribution in [-0.4, -0.2) is 35.5 Å². The van der Waals surface area contributed by atoms with Crippen LogP contribution in [0.4, 0.5) is 5.69 Å². The van der Waals surface area contributed by atoms with Crippen molar-refractivity contribution in [3.8, 4) is 11.8 Å². The Bertz CT molecular complexity index is 1710. The standard InChI is InChI=1S/C33H25ClN2O4/c1-2-40-23-14-12-21(13-15-23)31(37)30-28(20-8-4-3-5-9-20)33(19-35,32(38)39)27-17-16-25-24-11-7-6-10-22(24)18-26(34)29(25)36(27)30/h3-18,27-28,30H,2H2,1H3,(H,38,39). The first kappa shape index (κ1) is 25.7. The molecule has 1 N–H and O–H groups in total. The molecule has 0 aliphatic carbocycles. The molecule has 2 aliphatic rings. The van der Waals surface area contributed by atoms with Crippen molar-refractivity contribution in [3.05, 3.63) is 113 Å². The highest BCUT2D eigenvalue weighted by molar-refractivity contribution is 6.35. The molecule has 2 heterocycles. The Morgan fingerprint density at radius 3 is 2.42 bits per heavy atom. The van der Waals surface area contributed by atoms with Crippen LogP contribution in [0.25, 0.3) is 16.8 Å². The summed E-state index contributed by atoms with van der Waals surface area (Å²) in [4.78, 5) is 29.5. The van der Waals surface area contributed by atoms with Crippen molar-refractivity contribution in [2.45, 2.75) is 24.9 Å².